The van der Waals surface area contributed by atoms with Crippen molar-refractivity contribution in [3.63, 3.8) is 0 Å². The van der Waals surface area contributed by atoms with Crippen LogP contribution < -0.4 is 5.32 Å². The minimum atomic E-state index is -0.673. The number of hydrogen-bond donors (Lipinski definition) is 3. The summed E-state index contributed by atoms with van der Waals surface area (Å²) < 4.78 is 5.47. The van der Waals surface area contributed by atoms with Gasteiger partial charge < -0.3 is 20.3 Å². The van der Waals surface area contributed by atoms with Gasteiger partial charge in [0.1, 0.15) is 0 Å². The third kappa shape index (κ3) is 53.3. The summed E-state index contributed by atoms with van der Waals surface area (Å²) in [5.74, 6) is -0.0611. The number of unbranched alkanes of at least 4 members (excludes halogenated alkanes) is 38. The number of esters is 1. The van der Waals surface area contributed by atoms with Crippen LogP contribution in [0, 0.1) is 0 Å². The predicted molar refractivity (Wildman–Crippen MR) is 292 cm³/mol. The lowest BCUT2D eigenvalue weighted by Gasteiger charge is -2.22. The summed E-state index contributed by atoms with van der Waals surface area (Å²) in [4.78, 5) is 24.5. The first-order valence-electron chi connectivity index (χ1n) is 29.7. The molecule has 67 heavy (non-hydrogen) atoms. The maximum absolute atomic E-state index is 12.5. The van der Waals surface area contributed by atoms with Crippen molar-refractivity contribution in [2.24, 2.45) is 0 Å². The van der Waals surface area contributed by atoms with Crippen molar-refractivity contribution < 1.29 is 24.5 Å². The molecule has 0 rings (SSSR count). The average molecular weight is 943 g/mol. The molecular weight excluding hydrogens is 827 g/mol. The second kappa shape index (κ2) is 56.7. The number of carbonyl (C=O) groups is 2. The van der Waals surface area contributed by atoms with Gasteiger partial charge in [-0.3, -0.25) is 9.59 Å². The Balaban J connectivity index is 3.47. The van der Waals surface area contributed by atoms with Crippen molar-refractivity contribution >= 4 is 11.9 Å². The number of rotatable bonds is 55. The Morgan fingerprint density at radius 3 is 1.16 bits per heavy atom. The van der Waals surface area contributed by atoms with E-state index in [0.29, 0.717) is 25.9 Å². The first kappa shape index (κ1) is 65.1. The standard InChI is InChI=1S/C61H115NO5/c1-3-5-7-9-11-13-15-17-19-22-25-29-33-37-41-45-49-53-59(64)58(57-63)62-60(65)54-50-46-42-38-34-30-26-23-21-24-28-32-36-40-44-48-52-56-67-61(66)55-51-47-43-39-35-31-27-20-18-16-14-12-10-8-6-4-2/h14,16,20-21,24,27,58-59,63-64H,3-13,15,17-19,22-23,25-26,28-57H2,1-2H3,(H,62,65)/b16-14-,24-21-,27-20-. The lowest BCUT2D eigenvalue weighted by Crippen LogP contribution is -2.45. The van der Waals surface area contributed by atoms with E-state index in [0.717, 1.165) is 64.2 Å². The van der Waals surface area contributed by atoms with Crippen LogP contribution in [-0.4, -0.2) is 47.4 Å². The van der Waals surface area contributed by atoms with Gasteiger partial charge in [0.25, 0.3) is 0 Å². The van der Waals surface area contributed by atoms with Crippen LogP contribution >= 0.6 is 0 Å². The van der Waals surface area contributed by atoms with E-state index in [2.05, 4.69) is 55.6 Å². The minimum Gasteiger partial charge on any atom is -0.466 e. The summed E-state index contributed by atoms with van der Waals surface area (Å²) in [7, 11) is 0. The molecule has 2 unspecified atom stereocenters. The Kier molecular flexibility index (Phi) is 55.0. The molecule has 0 aromatic rings. The molecule has 0 spiro atoms. The van der Waals surface area contributed by atoms with Gasteiger partial charge in [0.05, 0.1) is 25.4 Å². The van der Waals surface area contributed by atoms with E-state index in [4.69, 9.17) is 4.74 Å². The van der Waals surface area contributed by atoms with Gasteiger partial charge in [0.15, 0.2) is 0 Å². The van der Waals surface area contributed by atoms with E-state index >= 15 is 0 Å². The Hall–Kier alpha value is -1.92. The maximum Gasteiger partial charge on any atom is 0.305 e. The van der Waals surface area contributed by atoms with Crippen LogP contribution in [0.3, 0.4) is 0 Å². The van der Waals surface area contributed by atoms with Crippen LogP contribution in [0.25, 0.3) is 0 Å². The monoisotopic (exact) mass is 942 g/mol. The summed E-state index contributed by atoms with van der Waals surface area (Å²) in [6, 6.07) is -0.551. The SMILES string of the molecule is CCCCCC/C=C\C/C=C\CCCCCCCC(=O)OCCCCCCCC/C=C\CCCCCCCCCC(=O)NC(CO)C(O)CCCCCCCCCCCCCCCCCCC. The maximum atomic E-state index is 12.5. The Bertz CT molecular complexity index is 1090. The van der Waals surface area contributed by atoms with Crippen molar-refractivity contribution in [1.82, 2.24) is 5.32 Å². The van der Waals surface area contributed by atoms with Crippen LogP contribution in [0.4, 0.5) is 0 Å². The zero-order chi connectivity index (χ0) is 48.6. The van der Waals surface area contributed by atoms with Gasteiger partial charge in [-0.15, -0.1) is 0 Å². The van der Waals surface area contributed by atoms with Crippen LogP contribution in [0.15, 0.2) is 36.5 Å². The van der Waals surface area contributed by atoms with E-state index in [1.807, 2.05) is 0 Å². The largest absolute Gasteiger partial charge is 0.466 e. The molecule has 0 aliphatic rings. The molecule has 6 heteroatoms. The number of allylic oxidation sites excluding steroid dienone is 6. The van der Waals surface area contributed by atoms with Crippen LogP contribution in [-0.2, 0) is 14.3 Å². The highest BCUT2D eigenvalue weighted by Crippen LogP contribution is 2.17. The lowest BCUT2D eigenvalue weighted by atomic mass is 10.0. The van der Waals surface area contributed by atoms with Crippen molar-refractivity contribution in [2.75, 3.05) is 13.2 Å². The molecule has 0 saturated heterocycles. The van der Waals surface area contributed by atoms with Gasteiger partial charge in [-0.05, 0) is 83.5 Å². The van der Waals surface area contributed by atoms with Crippen molar-refractivity contribution in [3.05, 3.63) is 36.5 Å². The number of nitrogens with one attached hydrogen (secondary N) is 1. The summed E-state index contributed by atoms with van der Waals surface area (Å²) in [5.41, 5.74) is 0. The minimum absolute atomic E-state index is 0.0151. The normalized spacial score (nSPS) is 12.8. The Labute approximate surface area is 417 Å². The smallest absolute Gasteiger partial charge is 0.305 e. The second-order valence-electron chi connectivity index (χ2n) is 20.3. The molecule has 0 aromatic heterocycles. The molecule has 0 aromatic carbocycles. The van der Waals surface area contributed by atoms with Gasteiger partial charge in [-0.1, -0.05) is 256 Å². The molecule has 394 valence electrons. The van der Waals surface area contributed by atoms with E-state index in [-0.39, 0.29) is 18.5 Å². The highest BCUT2D eigenvalue weighted by Gasteiger charge is 2.20. The number of hydrogen-bond acceptors (Lipinski definition) is 5. The van der Waals surface area contributed by atoms with Gasteiger partial charge >= 0.3 is 5.97 Å². The Morgan fingerprint density at radius 2 is 0.746 bits per heavy atom. The highest BCUT2D eigenvalue weighted by molar-refractivity contribution is 5.76. The van der Waals surface area contributed by atoms with Crippen molar-refractivity contribution in [3.8, 4) is 0 Å². The number of amides is 1. The quantitative estimate of drug-likeness (QED) is 0.0321. The zero-order valence-electron chi connectivity index (χ0n) is 44.9. The zero-order valence-corrected chi connectivity index (χ0v) is 44.9. The number of carbonyl (C=O) groups excluding carboxylic acids is 2. The predicted octanol–water partition coefficient (Wildman–Crippen LogP) is 18.4. The van der Waals surface area contributed by atoms with Gasteiger partial charge in [-0.25, -0.2) is 0 Å². The average Bonchev–Trinajstić information content (AvgIpc) is 3.33. The molecule has 0 radical (unpaired) electrons. The fourth-order valence-electron chi connectivity index (χ4n) is 9.08. The van der Waals surface area contributed by atoms with Crippen LogP contribution in [0.1, 0.15) is 316 Å². The van der Waals surface area contributed by atoms with Crippen molar-refractivity contribution in [1.29, 1.82) is 0 Å². The van der Waals surface area contributed by atoms with Gasteiger partial charge in [-0.2, -0.15) is 0 Å². The topological polar surface area (TPSA) is 95.9 Å². The molecule has 3 N–H and O–H groups in total. The molecule has 0 aliphatic heterocycles. The van der Waals surface area contributed by atoms with E-state index in [1.54, 1.807) is 0 Å². The summed E-state index contributed by atoms with van der Waals surface area (Å²) >= 11 is 0. The third-order valence-electron chi connectivity index (χ3n) is 13.7. The molecule has 0 saturated carbocycles. The van der Waals surface area contributed by atoms with Crippen LogP contribution in [0.2, 0.25) is 0 Å². The summed E-state index contributed by atoms with van der Waals surface area (Å²) in [6.07, 6.45) is 69.9. The van der Waals surface area contributed by atoms with Crippen molar-refractivity contribution in [2.45, 2.75) is 328 Å². The molecule has 2 atom stereocenters. The molecule has 0 bridgehead atoms. The fourth-order valence-corrected chi connectivity index (χ4v) is 9.08. The molecule has 0 heterocycles. The summed E-state index contributed by atoms with van der Waals surface area (Å²) in [6.45, 7) is 4.92. The fraction of sp³-hybridized carbons (Fsp3) is 0.869. The summed E-state index contributed by atoms with van der Waals surface area (Å²) in [5, 5.41) is 23.3. The highest BCUT2D eigenvalue weighted by atomic mass is 16.5. The first-order chi connectivity index (χ1) is 33.0. The molecule has 0 fully saturated rings. The van der Waals surface area contributed by atoms with Crippen LogP contribution in [0.5, 0.6) is 0 Å². The number of aliphatic hydroxyl groups excluding tert-OH is 2. The first-order valence-corrected chi connectivity index (χ1v) is 29.7. The molecule has 1 amide bonds. The Morgan fingerprint density at radius 1 is 0.418 bits per heavy atom. The molecule has 0 aliphatic carbocycles. The van der Waals surface area contributed by atoms with Gasteiger partial charge in [0.2, 0.25) is 5.91 Å². The van der Waals surface area contributed by atoms with E-state index in [1.165, 1.54) is 218 Å². The van der Waals surface area contributed by atoms with E-state index in [9.17, 15) is 19.8 Å². The number of ether oxygens (including phenoxy) is 1. The molecule has 6 nitrogen and oxygen atoms in total. The van der Waals surface area contributed by atoms with E-state index < -0.39 is 12.1 Å². The second-order valence-corrected chi connectivity index (χ2v) is 20.3. The number of aliphatic hydroxyl groups is 2. The molecular formula is C61H115NO5. The lowest BCUT2D eigenvalue weighted by molar-refractivity contribution is -0.143. The third-order valence-corrected chi connectivity index (χ3v) is 13.7. The van der Waals surface area contributed by atoms with Gasteiger partial charge in [0, 0.05) is 12.8 Å².